The largest absolute Gasteiger partial charge is 0.475 e. The Labute approximate surface area is 263 Å². The summed E-state index contributed by atoms with van der Waals surface area (Å²) >= 11 is 0. The Kier molecular flexibility index (Phi) is 10.0. The number of benzene rings is 1. The van der Waals surface area contributed by atoms with Crippen molar-refractivity contribution in [2.24, 2.45) is 23.7 Å². The van der Waals surface area contributed by atoms with E-state index in [2.05, 4.69) is 10.6 Å². The van der Waals surface area contributed by atoms with Gasteiger partial charge in [-0.3, -0.25) is 9.59 Å². The minimum absolute atomic E-state index is 0.0276. The van der Waals surface area contributed by atoms with Gasteiger partial charge in [0.05, 0.1) is 6.04 Å². The van der Waals surface area contributed by atoms with E-state index in [1.54, 1.807) is 43.9 Å². The number of anilines is 1. The maximum atomic E-state index is 14.0. The molecule has 0 unspecified atom stereocenters. The molecule has 246 valence electrons. The molecule has 0 bridgehead atoms. The first kappa shape index (κ1) is 32.8. The summed E-state index contributed by atoms with van der Waals surface area (Å²) in [4.78, 5) is 53.4. The molecule has 11 heteroatoms. The predicted octanol–water partition coefficient (Wildman–Crippen LogP) is 6.54. The highest BCUT2D eigenvalue weighted by molar-refractivity contribution is 6.00. The number of amides is 3. The number of alkyl halides is 1. The highest BCUT2D eigenvalue weighted by Crippen LogP contribution is 2.41. The minimum Gasteiger partial charge on any atom is -0.475 e. The van der Waals surface area contributed by atoms with Crippen molar-refractivity contribution >= 4 is 40.5 Å². The molecule has 2 heterocycles. The van der Waals surface area contributed by atoms with Crippen LogP contribution in [-0.2, 0) is 14.3 Å². The van der Waals surface area contributed by atoms with Gasteiger partial charge in [0.25, 0.3) is 0 Å². The van der Waals surface area contributed by atoms with Crippen LogP contribution < -0.4 is 10.6 Å². The Morgan fingerprint density at radius 1 is 1.02 bits per heavy atom. The summed E-state index contributed by atoms with van der Waals surface area (Å²) in [6.45, 7) is 5.09. The molecule has 2 saturated carbocycles. The number of nitrogens with one attached hydrogen (secondary N) is 2. The maximum Gasteiger partial charge on any atom is 0.407 e. The second-order valence-corrected chi connectivity index (χ2v) is 14.0. The zero-order valence-electron chi connectivity index (χ0n) is 26.5. The van der Waals surface area contributed by atoms with E-state index in [9.17, 15) is 28.7 Å². The monoisotopic (exact) mass is 627 g/mol. The van der Waals surface area contributed by atoms with Crippen LogP contribution in [0.25, 0.3) is 11.0 Å². The van der Waals surface area contributed by atoms with Gasteiger partial charge < -0.3 is 29.8 Å². The first-order valence-corrected chi connectivity index (χ1v) is 16.4. The zero-order valence-corrected chi connectivity index (χ0v) is 26.5. The molecule has 3 atom stereocenters. The van der Waals surface area contributed by atoms with Gasteiger partial charge in [-0.25, -0.2) is 14.0 Å². The van der Waals surface area contributed by atoms with Crippen molar-refractivity contribution in [3.05, 3.63) is 30.0 Å². The summed E-state index contributed by atoms with van der Waals surface area (Å²) in [6.07, 6.45) is 8.02. The molecular weight excluding hydrogens is 581 g/mol. The molecule has 3 fully saturated rings. The Balaban J connectivity index is 1.27. The summed E-state index contributed by atoms with van der Waals surface area (Å²) in [7, 11) is 0. The van der Waals surface area contributed by atoms with E-state index in [0.717, 1.165) is 32.1 Å². The molecule has 1 aliphatic heterocycles. The minimum atomic E-state index is -1.17. The average Bonchev–Trinajstić information content (AvgIpc) is 3.64. The maximum absolute atomic E-state index is 14.0. The van der Waals surface area contributed by atoms with E-state index in [-0.39, 0.29) is 35.3 Å². The summed E-state index contributed by atoms with van der Waals surface area (Å²) in [5.74, 6) is -1.52. The van der Waals surface area contributed by atoms with Crippen molar-refractivity contribution in [3.8, 4) is 0 Å². The van der Waals surface area contributed by atoms with Crippen molar-refractivity contribution < 1.29 is 37.8 Å². The normalized spacial score (nSPS) is 25.1. The van der Waals surface area contributed by atoms with Gasteiger partial charge >= 0.3 is 12.1 Å². The van der Waals surface area contributed by atoms with Crippen LogP contribution in [0, 0.1) is 23.7 Å². The fraction of sp³-hybridized carbons (Fsp3) is 0.647. The second-order valence-electron chi connectivity index (χ2n) is 14.0. The first-order valence-electron chi connectivity index (χ1n) is 16.4. The molecule has 45 heavy (non-hydrogen) atoms. The number of aromatic carboxylic acids is 1. The fourth-order valence-electron chi connectivity index (χ4n) is 7.64. The number of ether oxygens (including phenoxy) is 1. The lowest BCUT2D eigenvalue weighted by Crippen LogP contribution is -2.50. The van der Waals surface area contributed by atoms with Gasteiger partial charge in [0.1, 0.15) is 23.9 Å². The number of fused-ring (bicyclic) bond motifs is 1. The van der Waals surface area contributed by atoms with Gasteiger partial charge in [-0.2, -0.15) is 0 Å². The summed E-state index contributed by atoms with van der Waals surface area (Å²) in [6, 6.07) is 5.16. The van der Waals surface area contributed by atoms with Crippen LogP contribution in [0.15, 0.2) is 28.7 Å². The van der Waals surface area contributed by atoms with Crippen LogP contribution in [0.4, 0.5) is 14.9 Å². The fourth-order valence-corrected chi connectivity index (χ4v) is 7.64. The number of nitrogens with zero attached hydrogens (tertiary/aromatic N) is 1. The third kappa shape index (κ3) is 7.79. The molecule has 10 nitrogen and oxygen atoms in total. The molecular formula is C34H46FN3O7. The van der Waals surface area contributed by atoms with E-state index in [0.29, 0.717) is 54.8 Å². The van der Waals surface area contributed by atoms with Crippen LogP contribution in [0.1, 0.15) is 95.5 Å². The van der Waals surface area contributed by atoms with E-state index in [1.807, 2.05) is 0 Å². The molecule has 5 rings (SSSR count). The smallest absolute Gasteiger partial charge is 0.407 e. The van der Waals surface area contributed by atoms with E-state index < -0.39 is 36.4 Å². The third-order valence-corrected chi connectivity index (χ3v) is 9.80. The average molecular weight is 628 g/mol. The van der Waals surface area contributed by atoms with E-state index >= 15 is 0 Å². The van der Waals surface area contributed by atoms with Crippen molar-refractivity contribution in [2.45, 2.75) is 103 Å². The van der Waals surface area contributed by atoms with Gasteiger partial charge in [-0.15, -0.1) is 0 Å². The van der Waals surface area contributed by atoms with Crippen LogP contribution in [0.3, 0.4) is 0 Å². The highest BCUT2D eigenvalue weighted by atomic mass is 19.1. The molecule has 3 amide bonds. The van der Waals surface area contributed by atoms with E-state index in [4.69, 9.17) is 9.15 Å². The number of hydrogen-bond acceptors (Lipinski definition) is 6. The third-order valence-electron chi connectivity index (χ3n) is 9.80. The first-order chi connectivity index (χ1) is 21.4. The summed E-state index contributed by atoms with van der Waals surface area (Å²) < 4.78 is 24.6. The lowest BCUT2D eigenvalue weighted by Gasteiger charge is -2.37. The highest BCUT2D eigenvalue weighted by Gasteiger charge is 2.47. The number of carbonyl (C=O) groups is 4. The number of carbonyl (C=O) groups excluding carboxylic acids is 3. The van der Waals surface area contributed by atoms with Crippen LogP contribution in [0.5, 0.6) is 0 Å². The Morgan fingerprint density at radius 3 is 2.38 bits per heavy atom. The van der Waals surface area contributed by atoms with Gasteiger partial charge in [0.2, 0.25) is 17.6 Å². The Bertz CT molecular complexity index is 1390. The number of carboxylic acid groups (broad SMARTS) is 1. The standard InChI is InChI=1S/C34H46FN3O7/c1-34(2,3)45-33(43)37-26(19-35)21-9-11-22(12-10-21)31(40)38-16-15-25(20-7-5-4-6-8-20)29(38)30(39)36-24-13-14-27-23(17-24)18-28(44-27)32(41)42/h13-14,17-18,20-22,25-26,29H,4-12,15-16,19H2,1-3H3,(H,36,39)(H,37,43)(H,41,42)/t21-,22-,25-,26+,29-/m0/s1. The quantitative estimate of drug-likeness (QED) is 0.302. The molecule has 0 spiro atoms. The van der Waals surface area contributed by atoms with Gasteiger partial charge in [0.15, 0.2) is 0 Å². The van der Waals surface area contributed by atoms with Crippen molar-refractivity contribution in [3.63, 3.8) is 0 Å². The number of carboxylic acids is 1. The number of rotatable bonds is 8. The van der Waals surface area contributed by atoms with Gasteiger partial charge in [0, 0.05) is 23.5 Å². The zero-order chi connectivity index (χ0) is 32.3. The SMILES string of the molecule is CC(C)(C)OC(=O)N[C@H](CF)[C@H]1CC[C@H](C(=O)N2CC[C@@H](C3CCCCC3)[C@H]2C(=O)Nc2ccc3oc(C(=O)O)cc3c2)CC1. The Morgan fingerprint density at radius 2 is 1.73 bits per heavy atom. The number of alkyl carbamates (subject to hydrolysis) is 1. The molecule has 3 aliphatic rings. The number of furan rings is 1. The lowest BCUT2D eigenvalue weighted by atomic mass is 9.76. The lowest BCUT2D eigenvalue weighted by molar-refractivity contribution is -0.142. The molecule has 1 aromatic heterocycles. The molecule has 2 aliphatic carbocycles. The molecule has 1 aromatic carbocycles. The number of likely N-dealkylation sites (tertiary alicyclic amines) is 1. The predicted molar refractivity (Wildman–Crippen MR) is 167 cm³/mol. The topological polar surface area (TPSA) is 138 Å². The second kappa shape index (κ2) is 13.8. The van der Waals surface area contributed by atoms with Crippen molar-refractivity contribution in [1.82, 2.24) is 10.2 Å². The summed E-state index contributed by atoms with van der Waals surface area (Å²) in [5.41, 5.74) is 0.246. The summed E-state index contributed by atoms with van der Waals surface area (Å²) in [5, 5.41) is 15.5. The van der Waals surface area contributed by atoms with Crippen LogP contribution in [-0.4, -0.2) is 64.8 Å². The number of hydrogen-bond donors (Lipinski definition) is 3. The Hall–Kier alpha value is -3.63. The van der Waals surface area contributed by atoms with Gasteiger partial charge in [-0.05, 0) is 94.9 Å². The van der Waals surface area contributed by atoms with Crippen LogP contribution in [0.2, 0.25) is 0 Å². The number of halogens is 1. The molecule has 2 aromatic rings. The van der Waals surface area contributed by atoms with Crippen molar-refractivity contribution in [2.75, 3.05) is 18.5 Å². The van der Waals surface area contributed by atoms with Crippen molar-refractivity contribution in [1.29, 1.82) is 0 Å². The molecule has 0 radical (unpaired) electrons. The molecule has 3 N–H and O–H groups in total. The molecule has 1 saturated heterocycles. The van der Waals surface area contributed by atoms with Crippen LogP contribution >= 0.6 is 0 Å². The van der Waals surface area contributed by atoms with E-state index in [1.165, 1.54) is 12.5 Å². The van der Waals surface area contributed by atoms with Gasteiger partial charge in [-0.1, -0.05) is 32.1 Å².